The van der Waals surface area contributed by atoms with E-state index in [1.54, 1.807) is 25.6 Å². The summed E-state index contributed by atoms with van der Waals surface area (Å²) < 4.78 is 5.17. The number of rotatable bonds is 3. The summed E-state index contributed by atoms with van der Waals surface area (Å²) in [6.45, 7) is 2.00. The Bertz CT molecular complexity index is 540. The largest absolute Gasteiger partial charge is 0.384 e. The van der Waals surface area contributed by atoms with Gasteiger partial charge in [0.15, 0.2) is 0 Å². The number of aromatic nitrogens is 1. The maximum atomic E-state index is 12.6. The summed E-state index contributed by atoms with van der Waals surface area (Å²) in [5.74, 6) is 5.86. The molecule has 1 amide bonds. The number of aliphatic hydroxyl groups excluding tert-OH is 1. The van der Waals surface area contributed by atoms with Crippen LogP contribution in [-0.4, -0.2) is 54.3 Å². The smallest absolute Gasteiger partial charge is 0.255 e. The van der Waals surface area contributed by atoms with E-state index in [1.807, 2.05) is 4.90 Å². The lowest BCUT2D eigenvalue weighted by molar-refractivity contribution is 0.0613. The first-order chi connectivity index (χ1) is 10.3. The third kappa shape index (κ3) is 4.03. The number of carbonyl (C=O) groups is 1. The van der Waals surface area contributed by atoms with Gasteiger partial charge in [0.05, 0.1) is 11.1 Å². The molecule has 5 heteroatoms. The van der Waals surface area contributed by atoms with Crippen molar-refractivity contribution in [2.45, 2.75) is 12.8 Å². The summed E-state index contributed by atoms with van der Waals surface area (Å²) in [7, 11) is 1.71. The second-order valence-electron chi connectivity index (χ2n) is 5.07. The lowest BCUT2D eigenvalue weighted by atomic mass is 9.97. The Morgan fingerprint density at radius 3 is 2.95 bits per heavy atom. The number of piperidine rings is 1. The minimum absolute atomic E-state index is 0.0180. The normalized spacial score (nSPS) is 15.4. The zero-order chi connectivity index (χ0) is 15.1. The van der Waals surface area contributed by atoms with Gasteiger partial charge in [-0.1, -0.05) is 11.8 Å². The first-order valence-corrected chi connectivity index (χ1v) is 7.08. The van der Waals surface area contributed by atoms with Gasteiger partial charge in [-0.2, -0.15) is 0 Å². The molecular formula is C16H20N2O3. The topological polar surface area (TPSA) is 62.7 Å². The molecule has 1 aromatic rings. The van der Waals surface area contributed by atoms with Crippen molar-refractivity contribution in [1.29, 1.82) is 0 Å². The molecule has 1 saturated heterocycles. The molecule has 1 aliphatic heterocycles. The summed E-state index contributed by atoms with van der Waals surface area (Å²) in [5.41, 5.74) is 1.12. The summed E-state index contributed by atoms with van der Waals surface area (Å²) in [4.78, 5) is 18.4. The van der Waals surface area contributed by atoms with Crippen LogP contribution in [-0.2, 0) is 4.74 Å². The number of ether oxygens (including phenoxy) is 1. The molecular weight excluding hydrogens is 268 g/mol. The maximum absolute atomic E-state index is 12.6. The van der Waals surface area contributed by atoms with Crippen molar-refractivity contribution in [3.63, 3.8) is 0 Å². The lowest BCUT2D eigenvalue weighted by Crippen LogP contribution is -2.39. The van der Waals surface area contributed by atoms with Crippen LogP contribution in [0.1, 0.15) is 28.8 Å². The molecule has 2 rings (SSSR count). The van der Waals surface area contributed by atoms with E-state index < -0.39 is 0 Å². The number of hydrogen-bond acceptors (Lipinski definition) is 4. The Morgan fingerprint density at radius 2 is 2.29 bits per heavy atom. The van der Waals surface area contributed by atoms with Crippen LogP contribution < -0.4 is 0 Å². The number of hydrogen-bond donors (Lipinski definition) is 1. The molecule has 1 aromatic heterocycles. The van der Waals surface area contributed by atoms with Crippen molar-refractivity contribution in [3.05, 3.63) is 29.6 Å². The summed E-state index contributed by atoms with van der Waals surface area (Å²) in [6.07, 6.45) is 5.08. The summed E-state index contributed by atoms with van der Waals surface area (Å²) in [5, 5.41) is 8.78. The Hall–Kier alpha value is -1.90. The SMILES string of the molecule is COCC1CCN(C(=O)c2ccncc2C#CCO)CC1. The first-order valence-electron chi connectivity index (χ1n) is 7.08. The Kier molecular flexibility index (Phi) is 5.73. The van der Waals surface area contributed by atoms with Gasteiger partial charge in [-0.05, 0) is 24.8 Å². The number of amides is 1. The van der Waals surface area contributed by atoms with Gasteiger partial charge < -0.3 is 14.7 Å². The zero-order valence-electron chi connectivity index (χ0n) is 12.2. The average Bonchev–Trinajstić information content (AvgIpc) is 2.53. The van der Waals surface area contributed by atoms with E-state index in [2.05, 4.69) is 16.8 Å². The van der Waals surface area contributed by atoms with Crippen LogP contribution in [0.4, 0.5) is 0 Å². The number of likely N-dealkylation sites (tertiary alicyclic amines) is 1. The minimum atomic E-state index is -0.231. The van der Waals surface area contributed by atoms with Gasteiger partial charge in [0.25, 0.3) is 5.91 Å². The molecule has 0 saturated carbocycles. The molecule has 5 nitrogen and oxygen atoms in total. The Balaban J connectivity index is 2.07. The van der Waals surface area contributed by atoms with E-state index in [-0.39, 0.29) is 12.5 Å². The van der Waals surface area contributed by atoms with Crippen molar-refractivity contribution < 1.29 is 14.6 Å². The predicted octanol–water partition coefficient (Wildman–Crippen LogP) is 0.924. The quantitative estimate of drug-likeness (QED) is 0.840. The number of nitrogens with zero attached hydrogens (tertiary/aromatic N) is 2. The van der Waals surface area contributed by atoms with E-state index in [4.69, 9.17) is 9.84 Å². The highest BCUT2D eigenvalue weighted by Gasteiger charge is 2.24. The van der Waals surface area contributed by atoms with Gasteiger partial charge in [-0.3, -0.25) is 9.78 Å². The molecule has 2 heterocycles. The fourth-order valence-electron chi connectivity index (χ4n) is 2.52. The molecule has 1 N–H and O–H groups in total. The third-order valence-electron chi connectivity index (χ3n) is 3.66. The van der Waals surface area contributed by atoms with Gasteiger partial charge in [-0.15, -0.1) is 0 Å². The Morgan fingerprint density at radius 1 is 1.52 bits per heavy atom. The minimum Gasteiger partial charge on any atom is -0.384 e. The number of carbonyl (C=O) groups excluding carboxylic acids is 1. The Labute approximate surface area is 124 Å². The molecule has 0 radical (unpaired) electrons. The van der Waals surface area contributed by atoms with E-state index in [1.165, 1.54) is 0 Å². The van der Waals surface area contributed by atoms with Crippen LogP contribution in [0, 0.1) is 17.8 Å². The van der Waals surface area contributed by atoms with Gasteiger partial charge in [-0.25, -0.2) is 0 Å². The van der Waals surface area contributed by atoms with Crippen molar-refractivity contribution in [2.75, 3.05) is 33.4 Å². The van der Waals surface area contributed by atoms with E-state index >= 15 is 0 Å². The zero-order valence-corrected chi connectivity index (χ0v) is 12.2. The van der Waals surface area contributed by atoms with Crippen LogP contribution in [0.2, 0.25) is 0 Å². The van der Waals surface area contributed by atoms with Crippen molar-refractivity contribution in [3.8, 4) is 11.8 Å². The van der Waals surface area contributed by atoms with Gasteiger partial charge >= 0.3 is 0 Å². The fraction of sp³-hybridized carbons (Fsp3) is 0.500. The molecule has 0 spiro atoms. The van der Waals surface area contributed by atoms with Gasteiger partial charge in [0.2, 0.25) is 0 Å². The number of aliphatic hydroxyl groups is 1. The standard InChI is InChI=1S/C16H20N2O3/c1-21-12-13-5-8-18(9-6-13)16(20)15-4-7-17-11-14(15)3-2-10-19/h4,7,11,13,19H,5-6,8-10,12H2,1H3. The highest BCUT2D eigenvalue weighted by molar-refractivity contribution is 5.96. The molecule has 1 fully saturated rings. The van der Waals surface area contributed by atoms with Crippen LogP contribution in [0.25, 0.3) is 0 Å². The van der Waals surface area contributed by atoms with E-state index in [0.717, 1.165) is 32.5 Å². The van der Waals surface area contributed by atoms with Gasteiger partial charge in [0.1, 0.15) is 6.61 Å². The molecule has 112 valence electrons. The monoisotopic (exact) mass is 288 g/mol. The molecule has 21 heavy (non-hydrogen) atoms. The molecule has 0 unspecified atom stereocenters. The highest BCUT2D eigenvalue weighted by Crippen LogP contribution is 2.20. The molecule has 0 atom stereocenters. The average molecular weight is 288 g/mol. The maximum Gasteiger partial charge on any atom is 0.255 e. The number of pyridine rings is 1. The van der Waals surface area contributed by atoms with Crippen LogP contribution >= 0.6 is 0 Å². The van der Waals surface area contributed by atoms with Gasteiger partial charge in [0, 0.05) is 39.2 Å². The molecule has 0 bridgehead atoms. The summed E-state index contributed by atoms with van der Waals surface area (Å²) >= 11 is 0. The van der Waals surface area contributed by atoms with Crippen molar-refractivity contribution >= 4 is 5.91 Å². The lowest BCUT2D eigenvalue weighted by Gasteiger charge is -2.31. The molecule has 0 aromatic carbocycles. The van der Waals surface area contributed by atoms with Crippen LogP contribution in [0.15, 0.2) is 18.5 Å². The fourth-order valence-corrected chi connectivity index (χ4v) is 2.52. The van der Waals surface area contributed by atoms with Crippen molar-refractivity contribution in [1.82, 2.24) is 9.88 Å². The van der Waals surface area contributed by atoms with Crippen molar-refractivity contribution in [2.24, 2.45) is 5.92 Å². The predicted molar refractivity (Wildman–Crippen MR) is 78.7 cm³/mol. The molecule has 1 aliphatic rings. The third-order valence-corrected chi connectivity index (χ3v) is 3.66. The van der Waals surface area contributed by atoms with E-state index in [9.17, 15) is 4.79 Å². The molecule has 0 aliphatic carbocycles. The first kappa shape index (κ1) is 15.5. The second-order valence-corrected chi connectivity index (χ2v) is 5.07. The van der Waals surface area contributed by atoms with Crippen LogP contribution in [0.3, 0.4) is 0 Å². The summed E-state index contributed by atoms with van der Waals surface area (Å²) in [6, 6.07) is 1.69. The van der Waals surface area contributed by atoms with E-state index in [0.29, 0.717) is 17.0 Å². The highest BCUT2D eigenvalue weighted by atomic mass is 16.5. The van der Waals surface area contributed by atoms with Crippen LogP contribution in [0.5, 0.6) is 0 Å². The number of methoxy groups -OCH3 is 1. The second kappa shape index (κ2) is 7.77.